The first-order valence-electron chi connectivity index (χ1n) is 7.95. The number of nitrogens with zero attached hydrogens (tertiary/aromatic N) is 3. The molecule has 3 rings (SSSR count). The monoisotopic (exact) mass is 477 g/mol. The van der Waals surface area contributed by atoms with Crippen molar-refractivity contribution < 1.29 is 0 Å². The number of aromatic nitrogens is 2. The van der Waals surface area contributed by atoms with Gasteiger partial charge < -0.3 is 5.32 Å². The van der Waals surface area contributed by atoms with Gasteiger partial charge in [0.2, 0.25) is 0 Å². The van der Waals surface area contributed by atoms with Gasteiger partial charge in [-0.1, -0.05) is 18.2 Å². The maximum atomic E-state index is 13.1. The lowest BCUT2D eigenvalue weighted by molar-refractivity contribution is 0.897. The minimum Gasteiger partial charge on any atom is -0.362 e. The Kier molecular flexibility index (Phi) is 5.94. The van der Waals surface area contributed by atoms with Gasteiger partial charge in [-0.15, -0.1) is 0 Å². The van der Waals surface area contributed by atoms with E-state index in [9.17, 15) is 4.79 Å². The van der Waals surface area contributed by atoms with Crippen molar-refractivity contribution in [2.45, 2.75) is 6.92 Å². The van der Waals surface area contributed by atoms with E-state index in [0.717, 1.165) is 9.26 Å². The molecule has 0 saturated carbocycles. The van der Waals surface area contributed by atoms with Crippen LogP contribution in [0.15, 0.2) is 58.4 Å². The molecule has 0 amide bonds. The number of hydrogen-bond donors (Lipinski definition) is 2. The Labute approximate surface area is 169 Å². The summed E-state index contributed by atoms with van der Waals surface area (Å²) in [5, 5.41) is 8.03. The van der Waals surface area contributed by atoms with E-state index in [0.29, 0.717) is 28.4 Å². The Hall–Kier alpha value is -2.33. The van der Waals surface area contributed by atoms with Gasteiger partial charge in [0.15, 0.2) is 10.9 Å². The first kappa shape index (κ1) is 18.5. The molecule has 26 heavy (non-hydrogen) atoms. The van der Waals surface area contributed by atoms with Crippen molar-refractivity contribution >= 4 is 57.0 Å². The fourth-order valence-corrected chi connectivity index (χ4v) is 3.13. The van der Waals surface area contributed by atoms with Gasteiger partial charge in [0.25, 0.3) is 5.56 Å². The maximum Gasteiger partial charge on any atom is 0.266 e. The number of fused-ring (bicyclic) bond motifs is 1. The molecule has 0 bridgehead atoms. The average molecular weight is 477 g/mol. The smallest absolute Gasteiger partial charge is 0.266 e. The number of thiocarbonyl (C=S) groups is 1. The van der Waals surface area contributed by atoms with Crippen molar-refractivity contribution in [1.82, 2.24) is 20.3 Å². The van der Waals surface area contributed by atoms with Gasteiger partial charge in [-0.25, -0.2) is 4.98 Å². The lowest BCUT2D eigenvalue weighted by Gasteiger charge is -2.11. The molecule has 2 N–H and O–H groups in total. The Morgan fingerprint density at radius 2 is 2.08 bits per heavy atom. The van der Waals surface area contributed by atoms with Crippen LogP contribution in [0.2, 0.25) is 0 Å². The SMILES string of the molecule is CCNC(=S)N/N=C/c1nc2ccc(I)cc2c(=O)n1-c1ccccc1. The van der Waals surface area contributed by atoms with Crippen LogP contribution in [0.3, 0.4) is 0 Å². The second-order valence-corrected chi connectivity index (χ2v) is 6.99. The summed E-state index contributed by atoms with van der Waals surface area (Å²) in [7, 11) is 0. The second-order valence-electron chi connectivity index (χ2n) is 5.34. The third kappa shape index (κ3) is 4.07. The lowest BCUT2D eigenvalue weighted by Crippen LogP contribution is -2.32. The van der Waals surface area contributed by atoms with Crippen LogP contribution in [-0.4, -0.2) is 27.4 Å². The highest BCUT2D eigenvalue weighted by Crippen LogP contribution is 2.15. The topological polar surface area (TPSA) is 71.3 Å². The van der Waals surface area contributed by atoms with E-state index < -0.39 is 0 Å². The van der Waals surface area contributed by atoms with E-state index in [1.165, 1.54) is 6.21 Å². The van der Waals surface area contributed by atoms with E-state index in [2.05, 4.69) is 43.4 Å². The lowest BCUT2D eigenvalue weighted by atomic mass is 10.2. The summed E-state index contributed by atoms with van der Waals surface area (Å²) in [4.78, 5) is 17.7. The van der Waals surface area contributed by atoms with Crippen LogP contribution in [0.1, 0.15) is 12.7 Å². The van der Waals surface area contributed by atoms with Gasteiger partial charge in [0.05, 0.1) is 22.8 Å². The number of benzene rings is 2. The fourth-order valence-electron chi connectivity index (χ4n) is 2.44. The molecule has 0 spiro atoms. The van der Waals surface area contributed by atoms with Crippen molar-refractivity contribution in [1.29, 1.82) is 0 Å². The normalized spacial score (nSPS) is 11.0. The van der Waals surface area contributed by atoms with E-state index in [1.54, 1.807) is 4.57 Å². The minimum atomic E-state index is -0.143. The van der Waals surface area contributed by atoms with Crippen LogP contribution < -0.4 is 16.3 Å². The Morgan fingerprint density at radius 1 is 1.31 bits per heavy atom. The van der Waals surface area contributed by atoms with Crippen molar-refractivity contribution in [2.75, 3.05) is 6.54 Å². The molecule has 0 aliphatic heterocycles. The fraction of sp³-hybridized carbons (Fsp3) is 0.111. The highest BCUT2D eigenvalue weighted by atomic mass is 127. The number of hydrogen-bond acceptors (Lipinski definition) is 4. The van der Waals surface area contributed by atoms with Gasteiger partial charge in [-0.05, 0) is 72.1 Å². The molecule has 1 heterocycles. The number of rotatable bonds is 4. The van der Waals surface area contributed by atoms with Gasteiger partial charge in [-0.2, -0.15) is 5.10 Å². The van der Waals surface area contributed by atoms with Crippen LogP contribution in [0.25, 0.3) is 16.6 Å². The van der Waals surface area contributed by atoms with E-state index >= 15 is 0 Å². The van der Waals surface area contributed by atoms with Crippen LogP contribution in [-0.2, 0) is 0 Å². The van der Waals surface area contributed by atoms with E-state index in [1.807, 2.05) is 55.5 Å². The summed E-state index contributed by atoms with van der Waals surface area (Å²) in [5.74, 6) is 0.418. The summed E-state index contributed by atoms with van der Waals surface area (Å²) >= 11 is 7.27. The molecule has 0 aliphatic rings. The zero-order valence-electron chi connectivity index (χ0n) is 13.9. The van der Waals surface area contributed by atoms with Gasteiger partial charge >= 0.3 is 0 Å². The summed E-state index contributed by atoms with van der Waals surface area (Å²) in [6.45, 7) is 2.64. The molecule has 0 saturated heterocycles. The average Bonchev–Trinajstić information content (AvgIpc) is 2.63. The number of halogens is 1. The molecule has 1 aromatic heterocycles. The molecule has 0 fully saturated rings. The summed E-state index contributed by atoms with van der Waals surface area (Å²) in [6, 6.07) is 15.0. The summed E-state index contributed by atoms with van der Waals surface area (Å²) in [6.07, 6.45) is 1.50. The quantitative estimate of drug-likeness (QED) is 0.262. The maximum absolute atomic E-state index is 13.1. The molecule has 0 unspecified atom stereocenters. The van der Waals surface area contributed by atoms with E-state index in [4.69, 9.17) is 12.2 Å². The molecule has 3 aromatic rings. The van der Waals surface area contributed by atoms with Crippen LogP contribution in [0, 0.1) is 3.57 Å². The van der Waals surface area contributed by atoms with Crippen molar-refractivity contribution in [2.24, 2.45) is 5.10 Å². The summed E-state index contributed by atoms with van der Waals surface area (Å²) < 4.78 is 2.52. The highest BCUT2D eigenvalue weighted by Gasteiger charge is 2.11. The van der Waals surface area contributed by atoms with Gasteiger partial charge in [0, 0.05) is 10.1 Å². The van der Waals surface area contributed by atoms with Crippen LogP contribution >= 0.6 is 34.8 Å². The molecule has 0 aliphatic carbocycles. The third-order valence-corrected chi connectivity index (χ3v) is 4.46. The number of para-hydroxylation sites is 1. The Bertz CT molecular complexity index is 1030. The molecular weight excluding hydrogens is 461 g/mol. The van der Waals surface area contributed by atoms with E-state index in [-0.39, 0.29) is 5.56 Å². The number of hydrazone groups is 1. The second kappa shape index (κ2) is 8.37. The van der Waals surface area contributed by atoms with Crippen LogP contribution in [0.4, 0.5) is 0 Å². The minimum absolute atomic E-state index is 0.143. The molecule has 2 aromatic carbocycles. The standard InChI is InChI=1S/C18H16IN5OS/c1-2-20-18(26)23-21-11-16-22-15-9-8-12(19)10-14(15)17(25)24(16)13-6-4-3-5-7-13/h3-11H,2H2,1H3,(H2,20,23,26)/b21-11+. The largest absolute Gasteiger partial charge is 0.362 e. The Balaban J connectivity index is 2.14. The predicted molar refractivity (Wildman–Crippen MR) is 117 cm³/mol. The zero-order chi connectivity index (χ0) is 18.5. The molecule has 0 atom stereocenters. The molecule has 8 heteroatoms. The summed E-state index contributed by atoms with van der Waals surface area (Å²) in [5.41, 5.74) is 3.92. The number of nitrogens with one attached hydrogen (secondary N) is 2. The van der Waals surface area contributed by atoms with Crippen molar-refractivity contribution in [3.8, 4) is 5.69 Å². The predicted octanol–water partition coefficient (Wildman–Crippen LogP) is 2.81. The van der Waals surface area contributed by atoms with Gasteiger partial charge in [-0.3, -0.25) is 14.8 Å². The molecule has 6 nitrogen and oxygen atoms in total. The molecular formula is C18H16IN5OS. The van der Waals surface area contributed by atoms with Gasteiger partial charge in [0.1, 0.15) is 0 Å². The Morgan fingerprint density at radius 3 is 2.81 bits per heavy atom. The zero-order valence-corrected chi connectivity index (χ0v) is 16.9. The van der Waals surface area contributed by atoms with Crippen LogP contribution in [0.5, 0.6) is 0 Å². The first-order chi connectivity index (χ1) is 12.6. The highest BCUT2D eigenvalue weighted by molar-refractivity contribution is 14.1. The van der Waals surface area contributed by atoms with Crippen molar-refractivity contribution in [3.05, 3.63) is 68.3 Å². The third-order valence-electron chi connectivity index (χ3n) is 3.55. The molecule has 0 radical (unpaired) electrons. The molecule has 132 valence electrons. The first-order valence-corrected chi connectivity index (χ1v) is 9.43. The van der Waals surface area contributed by atoms with Crippen molar-refractivity contribution in [3.63, 3.8) is 0 Å².